The van der Waals surface area contributed by atoms with Gasteiger partial charge in [0.05, 0.1) is 11.3 Å². The van der Waals surface area contributed by atoms with Gasteiger partial charge in [-0.15, -0.1) is 0 Å². The van der Waals surface area contributed by atoms with Gasteiger partial charge in [0.15, 0.2) is 11.6 Å². The fourth-order valence-electron chi connectivity index (χ4n) is 3.81. The van der Waals surface area contributed by atoms with Crippen LogP contribution < -0.4 is 10.6 Å². The van der Waals surface area contributed by atoms with Crippen molar-refractivity contribution in [3.63, 3.8) is 0 Å². The molecule has 3 atom stereocenters. The Hall–Kier alpha value is -3.10. The largest absolute Gasteiger partial charge is 0.300 e. The molecule has 0 aromatic heterocycles. The molecular weight excluding hydrogens is 449 g/mol. The second kappa shape index (κ2) is 9.80. The number of amides is 2. The third kappa shape index (κ3) is 5.46. The van der Waals surface area contributed by atoms with E-state index in [-0.39, 0.29) is 29.0 Å². The molecule has 3 aromatic carbocycles. The average Bonchev–Trinajstić information content (AvgIpc) is 3.11. The number of nitrogens with one attached hydrogen (secondary N) is 2. The number of hydrogen-bond donors (Lipinski definition) is 2. The van der Waals surface area contributed by atoms with Gasteiger partial charge in [0.25, 0.3) is 5.24 Å². The van der Waals surface area contributed by atoms with Crippen LogP contribution in [-0.4, -0.2) is 16.4 Å². The number of rotatable bonds is 7. The monoisotopic (exact) mass is 470 g/mol. The van der Waals surface area contributed by atoms with Gasteiger partial charge >= 0.3 is 0 Å². The van der Waals surface area contributed by atoms with E-state index in [1.807, 2.05) is 31.2 Å². The lowest BCUT2D eigenvalue weighted by Gasteiger charge is -2.25. The number of hydrogen-bond acceptors (Lipinski definition) is 4. The zero-order valence-corrected chi connectivity index (χ0v) is 18.5. The van der Waals surface area contributed by atoms with Crippen LogP contribution in [0.2, 0.25) is 0 Å². The van der Waals surface area contributed by atoms with E-state index < -0.39 is 16.9 Å². The van der Waals surface area contributed by atoms with E-state index in [0.29, 0.717) is 12.0 Å². The average molecular weight is 471 g/mol. The SMILES string of the molecule is CC(NC(c1ccc(F)cc1)c1cccc(CC2SC(=O)NC2=O)c1)c1ccc(F)c(F)c1. The molecule has 1 fully saturated rings. The quantitative estimate of drug-likeness (QED) is 0.483. The van der Waals surface area contributed by atoms with Crippen molar-refractivity contribution in [3.05, 3.63) is 106 Å². The van der Waals surface area contributed by atoms with Gasteiger partial charge in [0.1, 0.15) is 5.82 Å². The number of carbonyl (C=O) groups excluding carboxylic acids is 2. The molecule has 0 spiro atoms. The van der Waals surface area contributed by atoms with Crippen molar-refractivity contribution in [2.75, 3.05) is 0 Å². The Labute approximate surface area is 193 Å². The Morgan fingerprint density at radius 1 is 0.909 bits per heavy atom. The first-order valence-electron chi connectivity index (χ1n) is 10.4. The highest BCUT2D eigenvalue weighted by Crippen LogP contribution is 2.29. The van der Waals surface area contributed by atoms with E-state index >= 15 is 0 Å². The van der Waals surface area contributed by atoms with Gasteiger partial charge in [-0.05, 0) is 59.9 Å². The minimum atomic E-state index is -0.927. The Kier molecular flexibility index (Phi) is 6.85. The lowest BCUT2D eigenvalue weighted by molar-refractivity contribution is -0.118. The minimum Gasteiger partial charge on any atom is -0.300 e. The summed E-state index contributed by atoms with van der Waals surface area (Å²) in [6.07, 6.45) is 0.380. The maximum atomic E-state index is 13.8. The Bertz CT molecular complexity index is 1190. The Balaban J connectivity index is 1.63. The lowest BCUT2D eigenvalue weighted by Crippen LogP contribution is -2.27. The van der Waals surface area contributed by atoms with E-state index in [1.54, 1.807) is 12.1 Å². The first-order valence-corrected chi connectivity index (χ1v) is 11.2. The van der Waals surface area contributed by atoms with E-state index in [9.17, 15) is 22.8 Å². The first-order chi connectivity index (χ1) is 15.8. The normalized spacial score (nSPS) is 17.6. The van der Waals surface area contributed by atoms with Crippen molar-refractivity contribution < 1.29 is 22.8 Å². The van der Waals surface area contributed by atoms with Crippen LogP contribution >= 0.6 is 11.8 Å². The van der Waals surface area contributed by atoms with Crippen molar-refractivity contribution in [1.29, 1.82) is 0 Å². The molecule has 3 unspecified atom stereocenters. The van der Waals surface area contributed by atoms with E-state index in [0.717, 1.165) is 40.6 Å². The Morgan fingerprint density at radius 3 is 2.30 bits per heavy atom. The van der Waals surface area contributed by atoms with Crippen LogP contribution in [0.1, 0.15) is 41.3 Å². The van der Waals surface area contributed by atoms with Crippen molar-refractivity contribution in [1.82, 2.24) is 10.6 Å². The van der Waals surface area contributed by atoms with Crippen LogP contribution in [-0.2, 0) is 11.2 Å². The third-order valence-corrected chi connectivity index (χ3v) is 6.52. The highest BCUT2D eigenvalue weighted by molar-refractivity contribution is 8.15. The maximum absolute atomic E-state index is 13.8. The number of halogens is 3. The van der Waals surface area contributed by atoms with Gasteiger partial charge in [-0.25, -0.2) is 13.2 Å². The van der Waals surface area contributed by atoms with Crippen LogP contribution in [0, 0.1) is 17.5 Å². The highest BCUT2D eigenvalue weighted by atomic mass is 32.2. The van der Waals surface area contributed by atoms with Crippen molar-refractivity contribution in [2.45, 2.75) is 30.7 Å². The van der Waals surface area contributed by atoms with Crippen molar-refractivity contribution >= 4 is 22.9 Å². The van der Waals surface area contributed by atoms with Crippen LogP contribution in [0.5, 0.6) is 0 Å². The molecule has 0 bridgehead atoms. The standard InChI is InChI=1S/C25H21F3N2O2S/c1-14(17-7-10-20(27)21(28)13-17)29-23(16-5-8-19(26)9-6-16)18-4-2-3-15(11-18)12-22-24(31)30-25(32)33-22/h2-11,13-14,22-23,29H,12H2,1H3,(H,30,31,32). The zero-order valence-electron chi connectivity index (χ0n) is 17.6. The summed E-state index contributed by atoms with van der Waals surface area (Å²) in [7, 11) is 0. The molecule has 4 rings (SSSR count). The van der Waals surface area contributed by atoms with Crippen LogP contribution in [0.4, 0.5) is 18.0 Å². The predicted octanol–water partition coefficient (Wildman–Crippen LogP) is 5.44. The summed E-state index contributed by atoms with van der Waals surface area (Å²) in [6.45, 7) is 1.83. The number of carbonyl (C=O) groups is 2. The van der Waals surface area contributed by atoms with Gasteiger partial charge in [0.2, 0.25) is 5.91 Å². The molecule has 2 amide bonds. The summed E-state index contributed by atoms with van der Waals surface area (Å²) < 4.78 is 40.7. The fraction of sp³-hybridized carbons (Fsp3) is 0.200. The zero-order chi connectivity index (χ0) is 23.5. The van der Waals surface area contributed by atoms with Gasteiger partial charge < -0.3 is 0 Å². The minimum absolute atomic E-state index is 0.310. The summed E-state index contributed by atoms with van der Waals surface area (Å²) in [5, 5.41) is 4.86. The van der Waals surface area contributed by atoms with E-state index in [2.05, 4.69) is 10.6 Å². The van der Waals surface area contributed by atoms with Gasteiger partial charge in [-0.1, -0.05) is 54.2 Å². The smallest absolute Gasteiger partial charge is 0.286 e. The summed E-state index contributed by atoms with van der Waals surface area (Å²) in [4.78, 5) is 23.4. The molecule has 1 heterocycles. The third-order valence-electron chi connectivity index (χ3n) is 5.54. The van der Waals surface area contributed by atoms with Crippen LogP contribution in [0.15, 0.2) is 66.7 Å². The maximum Gasteiger partial charge on any atom is 0.286 e. The van der Waals surface area contributed by atoms with Gasteiger partial charge in [0, 0.05) is 6.04 Å². The number of benzene rings is 3. The number of imide groups is 1. The van der Waals surface area contributed by atoms with Crippen molar-refractivity contribution in [2.24, 2.45) is 0 Å². The highest BCUT2D eigenvalue weighted by Gasteiger charge is 2.31. The molecule has 33 heavy (non-hydrogen) atoms. The predicted molar refractivity (Wildman–Crippen MR) is 121 cm³/mol. The van der Waals surface area contributed by atoms with Gasteiger partial charge in [-0.3, -0.25) is 20.2 Å². The first kappa shape index (κ1) is 23.1. The van der Waals surface area contributed by atoms with E-state index in [4.69, 9.17) is 0 Å². The second-order valence-corrected chi connectivity index (χ2v) is 9.05. The topological polar surface area (TPSA) is 58.2 Å². The van der Waals surface area contributed by atoms with Crippen molar-refractivity contribution in [3.8, 4) is 0 Å². The van der Waals surface area contributed by atoms with Crippen LogP contribution in [0.25, 0.3) is 0 Å². The van der Waals surface area contributed by atoms with Gasteiger partial charge in [-0.2, -0.15) is 0 Å². The molecule has 1 saturated heterocycles. The van der Waals surface area contributed by atoms with Crippen LogP contribution in [0.3, 0.4) is 0 Å². The molecule has 4 nitrogen and oxygen atoms in total. The lowest BCUT2D eigenvalue weighted by atomic mass is 9.94. The second-order valence-electron chi connectivity index (χ2n) is 7.88. The molecule has 1 aliphatic heterocycles. The molecule has 3 aromatic rings. The molecule has 1 aliphatic rings. The molecular formula is C25H21F3N2O2S. The summed E-state index contributed by atoms with van der Waals surface area (Å²) in [5.41, 5.74) is 3.06. The molecule has 2 N–H and O–H groups in total. The fourth-order valence-corrected chi connectivity index (χ4v) is 4.67. The molecule has 0 aliphatic carbocycles. The summed E-state index contributed by atoms with van der Waals surface area (Å²) in [6, 6.07) is 16.6. The molecule has 8 heteroatoms. The van der Waals surface area contributed by atoms with E-state index in [1.165, 1.54) is 18.2 Å². The summed E-state index contributed by atoms with van der Waals surface area (Å²) in [5.74, 6) is -2.52. The Morgan fingerprint density at radius 2 is 1.64 bits per heavy atom. The molecule has 0 radical (unpaired) electrons. The molecule has 170 valence electrons. The number of thioether (sulfide) groups is 1. The molecule has 0 saturated carbocycles. The summed E-state index contributed by atoms with van der Waals surface area (Å²) >= 11 is 0.968.